The average molecular weight is 377 g/mol. The van der Waals surface area contributed by atoms with Gasteiger partial charge in [0.25, 0.3) is 5.91 Å². The van der Waals surface area contributed by atoms with Gasteiger partial charge in [0.2, 0.25) is 0 Å². The first-order valence-corrected chi connectivity index (χ1v) is 7.92. The van der Waals surface area contributed by atoms with Crippen LogP contribution in [-0.4, -0.2) is 37.6 Å². The summed E-state index contributed by atoms with van der Waals surface area (Å²) < 4.78 is 0. The second-order valence-corrected chi connectivity index (χ2v) is 6.64. The summed E-state index contributed by atoms with van der Waals surface area (Å²) in [5.74, 6) is -0.258. The lowest BCUT2D eigenvalue weighted by Crippen LogP contribution is -2.43. The second-order valence-electron chi connectivity index (χ2n) is 6.24. The first-order valence-electron chi connectivity index (χ1n) is 7.54. The van der Waals surface area contributed by atoms with Crippen molar-refractivity contribution in [3.8, 4) is 0 Å². The van der Waals surface area contributed by atoms with Gasteiger partial charge in [-0.25, -0.2) is 4.79 Å². The number of hydrogen-bond acceptors (Lipinski definition) is 3. The van der Waals surface area contributed by atoms with Crippen LogP contribution in [0.25, 0.3) is 0 Å². The normalized spacial score (nSPS) is 10.5. The van der Waals surface area contributed by atoms with Crippen molar-refractivity contribution in [2.45, 2.75) is 32.7 Å². The molecule has 0 bridgehead atoms. The fraction of sp³-hybridized carbons (Fsp3) is 0.500. The molecule has 8 heteroatoms. The van der Waals surface area contributed by atoms with Gasteiger partial charge in [0, 0.05) is 17.8 Å². The number of carbonyl (C=O) groups excluding carboxylic acids is 2. The summed E-state index contributed by atoms with van der Waals surface area (Å²) in [5, 5.41) is 11.6. The fourth-order valence-electron chi connectivity index (χ4n) is 1.84. The highest BCUT2D eigenvalue weighted by Crippen LogP contribution is 2.20. The molecule has 0 saturated heterocycles. The summed E-state index contributed by atoms with van der Waals surface area (Å²) in [4.78, 5) is 24.0. The van der Waals surface area contributed by atoms with E-state index in [2.05, 4.69) is 21.3 Å². The van der Waals surface area contributed by atoms with E-state index < -0.39 is 0 Å². The van der Waals surface area contributed by atoms with E-state index in [0.717, 1.165) is 13.0 Å². The fourth-order valence-corrected chi connectivity index (χ4v) is 2.05. The maximum Gasteiger partial charge on any atom is 0.319 e. The number of halogens is 2. The van der Waals surface area contributed by atoms with E-state index in [1.807, 2.05) is 27.8 Å². The second kappa shape index (κ2) is 10.4. The minimum absolute atomic E-state index is 0. The number of urea groups is 1. The Balaban J connectivity index is 0.00000529. The van der Waals surface area contributed by atoms with Crippen molar-refractivity contribution in [3.05, 3.63) is 28.8 Å². The molecule has 0 atom stereocenters. The van der Waals surface area contributed by atoms with Crippen molar-refractivity contribution < 1.29 is 9.59 Å². The third-order valence-corrected chi connectivity index (χ3v) is 3.18. The van der Waals surface area contributed by atoms with Gasteiger partial charge in [0.1, 0.15) is 0 Å². The third-order valence-electron chi connectivity index (χ3n) is 2.85. The predicted octanol–water partition coefficient (Wildman–Crippen LogP) is 3.02. The molecule has 1 aromatic rings. The smallest absolute Gasteiger partial charge is 0.319 e. The van der Waals surface area contributed by atoms with E-state index in [1.54, 1.807) is 18.2 Å². The van der Waals surface area contributed by atoms with Gasteiger partial charge in [-0.05, 0) is 59.0 Å². The largest absolute Gasteiger partial charge is 0.352 e. The monoisotopic (exact) mass is 376 g/mol. The third kappa shape index (κ3) is 8.38. The van der Waals surface area contributed by atoms with Crippen molar-refractivity contribution in [1.82, 2.24) is 16.0 Å². The van der Waals surface area contributed by atoms with Gasteiger partial charge < -0.3 is 21.3 Å². The van der Waals surface area contributed by atoms with Crippen LogP contribution in [0.4, 0.5) is 10.5 Å². The van der Waals surface area contributed by atoms with Crippen LogP contribution in [-0.2, 0) is 0 Å². The molecule has 1 aromatic carbocycles. The summed E-state index contributed by atoms with van der Waals surface area (Å²) in [6.45, 7) is 7.04. The zero-order chi connectivity index (χ0) is 17.5. The standard InChI is InChI=1S/C16H25ClN4O2.ClH/c1-16(2,3)21-15(23)20-11-6-7-13(17)12(10-11)14(22)19-9-5-8-18-4;/h6-7,10,18H,5,8-9H2,1-4H3,(H,19,22)(H2,20,21,23);1H. The quantitative estimate of drug-likeness (QED) is 0.575. The molecular weight excluding hydrogens is 351 g/mol. The molecule has 0 aromatic heterocycles. The zero-order valence-corrected chi connectivity index (χ0v) is 16.0. The van der Waals surface area contributed by atoms with Crippen LogP contribution < -0.4 is 21.3 Å². The summed E-state index contributed by atoms with van der Waals surface area (Å²) in [7, 11) is 1.86. The molecule has 0 aliphatic rings. The first-order chi connectivity index (χ1) is 10.7. The number of anilines is 1. The predicted molar refractivity (Wildman–Crippen MR) is 101 cm³/mol. The number of nitrogens with one attached hydrogen (secondary N) is 4. The lowest BCUT2D eigenvalue weighted by Gasteiger charge is -2.21. The van der Waals surface area contributed by atoms with Gasteiger partial charge in [-0.1, -0.05) is 11.6 Å². The van der Waals surface area contributed by atoms with Gasteiger partial charge >= 0.3 is 6.03 Å². The molecule has 0 fully saturated rings. The zero-order valence-electron chi connectivity index (χ0n) is 14.5. The van der Waals surface area contributed by atoms with Gasteiger partial charge in [0.15, 0.2) is 0 Å². The van der Waals surface area contributed by atoms with Gasteiger partial charge in [-0.3, -0.25) is 4.79 Å². The van der Waals surface area contributed by atoms with Crippen molar-refractivity contribution in [1.29, 1.82) is 0 Å². The molecule has 0 spiro atoms. The van der Waals surface area contributed by atoms with E-state index in [1.165, 1.54) is 0 Å². The minimum atomic E-state index is -0.343. The maximum absolute atomic E-state index is 12.2. The Morgan fingerprint density at radius 1 is 1.17 bits per heavy atom. The SMILES string of the molecule is CNCCCNC(=O)c1cc(NC(=O)NC(C)(C)C)ccc1Cl.Cl. The van der Waals surface area contributed by atoms with Gasteiger partial charge in [0.05, 0.1) is 10.6 Å². The van der Waals surface area contributed by atoms with Gasteiger partial charge in [-0.15, -0.1) is 12.4 Å². The molecular formula is C16H26Cl2N4O2. The van der Waals surface area contributed by atoms with E-state index in [-0.39, 0.29) is 29.9 Å². The summed E-state index contributed by atoms with van der Waals surface area (Å²) in [6, 6.07) is 4.48. The van der Waals surface area contributed by atoms with E-state index in [9.17, 15) is 9.59 Å². The Hall–Kier alpha value is -1.50. The summed E-state index contributed by atoms with van der Waals surface area (Å²) in [6.07, 6.45) is 0.825. The van der Waals surface area contributed by atoms with Crippen LogP contribution in [0.2, 0.25) is 5.02 Å². The topological polar surface area (TPSA) is 82.3 Å². The summed E-state index contributed by atoms with van der Waals surface area (Å²) in [5.41, 5.74) is 0.505. The number of amides is 3. The molecule has 0 aliphatic carbocycles. The highest BCUT2D eigenvalue weighted by molar-refractivity contribution is 6.34. The van der Waals surface area contributed by atoms with Crippen LogP contribution in [0.1, 0.15) is 37.6 Å². The molecule has 6 nitrogen and oxygen atoms in total. The lowest BCUT2D eigenvalue weighted by atomic mass is 10.1. The molecule has 3 amide bonds. The molecule has 24 heavy (non-hydrogen) atoms. The van der Waals surface area contributed by atoms with Crippen LogP contribution in [0.15, 0.2) is 18.2 Å². The average Bonchev–Trinajstić information content (AvgIpc) is 2.43. The highest BCUT2D eigenvalue weighted by atomic mass is 35.5. The Bertz CT molecular complexity index is 559. The molecule has 0 radical (unpaired) electrons. The number of hydrogen-bond donors (Lipinski definition) is 4. The van der Waals surface area contributed by atoms with Crippen LogP contribution in [0, 0.1) is 0 Å². The van der Waals surface area contributed by atoms with Crippen LogP contribution >= 0.6 is 24.0 Å². The molecule has 4 N–H and O–H groups in total. The maximum atomic E-state index is 12.2. The van der Waals surface area contributed by atoms with Crippen molar-refractivity contribution in [3.63, 3.8) is 0 Å². The van der Waals surface area contributed by atoms with E-state index >= 15 is 0 Å². The Morgan fingerprint density at radius 3 is 2.42 bits per heavy atom. The van der Waals surface area contributed by atoms with E-state index in [0.29, 0.717) is 22.8 Å². The van der Waals surface area contributed by atoms with E-state index in [4.69, 9.17) is 11.6 Å². The van der Waals surface area contributed by atoms with Crippen LogP contribution in [0.5, 0.6) is 0 Å². The van der Waals surface area contributed by atoms with Crippen molar-refractivity contribution >= 4 is 41.6 Å². The molecule has 0 aliphatic heterocycles. The first kappa shape index (κ1) is 22.5. The molecule has 0 unspecified atom stereocenters. The number of benzene rings is 1. The Morgan fingerprint density at radius 2 is 1.83 bits per heavy atom. The minimum Gasteiger partial charge on any atom is -0.352 e. The Kier molecular flexibility index (Phi) is 9.73. The molecule has 1 rings (SSSR count). The molecule has 0 heterocycles. The van der Waals surface area contributed by atoms with Crippen LogP contribution in [0.3, 0.4) is 0 Å². The number of carbonyl (C=O) groups is 2. The Labute approximate surface area is 154 Å². The number of rotatable bonds is 6. The molecule has 0 saturated carbocycles. The van der Waals surface area contributed by atoms with Crippen molar-refractivity contribution in [2.75, 3.05) is 25.5 Å². The highest BCUT2D eigenvalue weighted by Gasteiger charge is 2.15. The van der Waals surface area contributed by atoms with Gasteiger partial charge in [-0.2, -0.15) is 0 Å². The van der Waals surface area contributed by atoms with Crippen molar-refractivity contribution in [2.24, 2.45) is 0 Å². The summed E-state index contributed by atoms with van der Waals surface area (Å²) >= 11 is 6.07. The lowest BCUT2D eigenvalue weighted by molar-refractivity contribution is 0.0953. The molecule has 136 valence electrons.